The molecule has 1 atom stereocenters. The number of likely N-dealkylation sites (tertiary alicyclic amines) is 1. The molecular weight excluding hydrogens is 314 g/mol. The van der Waals surface area contributed by atoms with Crippen LogP contribution < -0.4 is 5.32 Å². The van der Waals surface area contributed by atoms with E-state index in [-0.39, 0.29) is 11.9 Å². The van der Waals surface area contributed by atoms with Crippen molar-refractivity contribution in [2.45, 2.75) is 39.2 Å². The van der Waals surface area contributed by atoms with E-state index >= 15 is 0 Å². The molecule has 1 saturated heterocycles. The molecule has 3 heterocycles. The van der Waals surface area contributed by atoms with E-state index in [1.165, 1.54) is 6.08 Å². The molecule has 1 N–H and O–H groups in total. The Balaban J connectivity index is 1.90. The maximum atomic E-state index is 12.2. The summed E-state index contributed by atoms with van der Waals surface area (Å²) in [6.45, 7) is 8.16. The standard InChI is InChI=1S/C19H23N5O/c1-4-19(25)24-11-6-5-9-16(24)15-12-18(22-14(3)21-15)23-17-10-7-8-13(2)20-17/h4,7-8,10,12,16H,1,5-6,9,11H2,2-3H3,(H,20,21,22,23). The molecule has 6 heteroatoms. The van der Waals surface area contributed by atoms with Gasteiger partial charge in [-0.2, -0.15) is 0 Å². The third kappa shape index (κ3) is 4.02. The van der Waals surface area contributed by atoms with Gasteiger partial charge in [-0.25, -0.2) is 15.0 Å². The lowest BCUT2D eigenvalue weighted by Gasteiger charge is -2.34. The molecule has 1 aliphatic rings. The SMILES string of the molecule is C=CC(=O)N1CCCCC1c1cc(Nc2cccc(C)n2)nc(C)n1. The summed E-state index contributed by atoms with van der Waals surface area (Å²) in [5.74, 6) is 2.06. The lowest BCUT2D eigenvalue weighted by molar-refractivity contribution is -0.129. The predicted octanol–water partition coefficient (Wildman–Crippen LogP) is 3.47. The molecule has 0 aromatic carbocycles. The minimum Gasteiger partial charge on any atom is -0.331 e. The molecule has 1 unspecified atom stereocenters. The van der Waals surface area contributed by atoms with Crippen LogP contribution in [0.4, 0.5) is 11.6 Å². The Kier molecular flexibility index (Phi) is 5.07. The van der Waals surface area contributed by atoms with E-state index in [9.17, 15) is 4.79 Å². The molecule has 1 aliphatic heterocycles. The number of aromatic nitrogens is 3. The number of rotatable bonds is 4. The van der Waals surface area contributed by atoms with Crippen molar-refractivity contribution in [1.29, 1.82) is 0 Å². The summed E-state index contributed by atoms with van der Waals surface area (Å²) in [4.78, 5) is 27.5. The van der Waals surface area contributed by atoms with Gasteiger partial charge in [0.2, 0.25) is 5.91 Å². The van der Waals surface area contributed by atoms with E-state index in [4.69, 9.17) is 0 Å². The maximum absolute atomic E-state index is 12.2. The van der Waals surface area contributed by atoms with Gasteiger partial charge in [0, 0.05) is 18.3 Å². The topological polar surface area (TPSA) is 71.0 Å². The van der Waals surface area contributed by atoms with Gasteiger partial charge >= 0.3 is 0 Å². The number of carbonyl (C=O) groups is 1. The number of nitrogens with zero attached hydrogens (tertiary/aromatic N) is 4. The van der Waals surface area contributed by atoms with E-state index in [1.54, 1.807) is 0 Å². The first kappa shape index (κ1) is 17.1. The van der Waals surface area contributed by atoms with Crippen molar-refractivity contribution >= 4 is 17.5 Å². The van der Waals surface area contributed by atoms with Gasteiger partial charge in [-0.3, -0.25) is 4.79 Å². The fraction of sp³-hybridized carbons (Fsp3) is 0.368. The Labute approximate surface area is 148 Å². The minimum atomic E-state index is -0.0455. The first-order chi connectivity index (χ1) is 12.1. The molecule has 130 valence electrons. The van der Waals surface area contributed by atoms with Gasteiger partial charge in [-0.1, -0.05) is 12.6 Å². The van der Waals surface area contributed by atoms with E-state index in [1.807, 2.05) is 43.0 Å². The Morgan fingerprint density at radius 1 is 1.24 bits per heavy atom. The molecular formula is C19H23N5O. The largest absolute Gasteiger partial charge is 0.331 e. The second-order valence-corrected chi connectivity index (χ2v) is 6.26. The van der Waals surface area contributed by atoms with Crippen LogP contribution in [0, 0.1) is 13.8 Å². The third-order valence-corrected chi connectivity index (χ3v) is 4.30. The monoisotopic (exact) mass is 337 g/mol. The fourth-order valence-corrected chi connectivity index (χ4v) is 3.19. The van der Waals surface area contributed by atoms with Crippen molar-refractivity contribution < 1.29 is 4.79 Å². The molecule has 0 aliphatic carbocycles. The summed E-state index contributed by atoms with van der Waals surface area (Å²) >= 11 is 0. The van der Waals surface area contributed by atoms with Gasteiger partial charge in [0.1, 0.15) is 17.5 Å². The second kappa shape index (κ2) is 7.42. The molecule has 0 bridgehead atoms. The van der Waals surface area contributed by atoms with Crippen LogP contribution >= 0.6 is 0 Å². The number of anilines is 2. The molecule has 3 rings (SSSR count). The summed E-state index contributed by atoms with van der Waals surface area (Å²) < 4.78 is 0. The van der Waals surface area contributed by atoms with Crippen molar-refractivity contribution in [3.8, 4) is 0 Å². The molecule has 1 fully saturated rings. The number of hydrogen-bond donors (Lipinski definition) is 1. The average Bonchev–Trinajstić information content (AvgIpc) is 2.60. The van der Waals surface area contributed by atoms with Gasteiger partial charge < -0.3 is 10.2 Å². The van der Waals surface area contributed by atoms with E-state index in [0.29, 0.717) is 11.6 Å². The summed E-state index contributed by atoms with van der Waals surface area (Å²) in [6.07, 6.45) is 4.37. The van der Waals surface area contributed by atoms with E-state index < -0.39 is 0 Å². The van der Waals surface area contributed by atoms with Gasteiger partial charge in [0.05, 0.1) is 11.7 Å². The fourth-order valence-electron chi connectivity index (χ4n) is 3.19. The normalized spacial score (nSPS) is 17.2. The van der Waals surface area contributed by atoms with Crippen molar-refractivity contribution in [2.75, 3.05) is 11.9 Å². The van der Waals surface area contributed by atoms with Crippen LogP contribution in [0.2, 0.25) is 0 Å². The highest BCUT2D eigenvalue weighted by Gasteiger charge is 2.28. The number of nitrogens with one attached hydrogen (secondary N) is 1. The molecule has 0 radical (unpaired) electrons. The van der Waals surface area contributed by atoms with Crippen LogP contribution in [-0.4, -0.2) is 32.3 Å². The molecule has 0 saturated carbocycles. The van der Waals surface area contributed by atoms with E-state index in [2.05, 4.69) is 26.8 Å². The first-order valence-corrected chi connectivity index (χ1v) is 8.56. The van der Waals surface area contributed by atoms with E-state index in [0.717, 1.165) is 43.0 Å². The highest BCUT2D eigenvalue weighted by Crippen LogP contribution is 2.31. The number of carbonyl (C=O) groups excluding carboxylic acids is 1. The van der Waals surface area contributed by atoms with Gasteiger partial charge in [-0.15, -0.1) is 0 Å². The average molecular weight is 337 g/mol. The number of pyridine rings is 1. The molecule has 6 nitrogen and oxygen atoms in total. The highest BCUT2D eigenvalue weighted by atomic mass is 16.2. The summed E-state index contributed by atoms with van der Waals surface area (Å²) in [6, 6.07) is 7.68. The Morgan fingerprint density at radius 3 is 2.84 bits per heavy atom. The van der Waals surface area contributed by atoms with Gasteiger partial charge in [0.15, 0.2) is 0 Å². The second-order valence-electron chi connectivity index (χ2n) is 6.26. The van der Waals surface area contributed by atoms with Crippen LogP contribution in [0.15, 0.2) is 36.9 Å². The number of amides is 1. The third-order valence-electron chi connectivity index (χ3n) is 4.30. The molecule has 0 spiro atoms. The Hall–Kier alpha value is -2.76. The predicted molar refractivity (Wildman–Crippen MR) is 97.5 cm³/mol. The van der Waals surface area contributed by atoms with Gasteiger partial charge in [-0.05, 0) is 51.3 Å². The molecule has 1 amide bonds. The molecule has 25 heavy (non-hydrogen) atoms. The van der Waals surface area contributed by atoms with Crippen molar-refractivity contribution in [3.63, 3.8) is 0 Å². The van der Waals surface area contributed by atoms with Crippen molar-refractivity contribution in [1.82, 2.24) is 19.9 Å². The zero-order valence-electron chi connectivity index (χ0n) is 14.7. The maximum Gasteiger partial charge on any atom is 0.246 e. The number of hydrogen-bond acceptors (Lipinski definition) is 5. The lowest BCUT2D eigenvalue weighted by atomic mass is 9.98. The van der Waals surface area contributed by atoms with Crippen LogP contribution in [0.1, 0.15) is 42.5 Å². The van der Waals surface area contributed by atoms with Crippen molar-refractivity contribution in [2.24, 2.45) is 0 Å². The first-order valence-electron chi connectivity index (χ1n) is 8.56. The van der Waals surface area contributed by atoms with Crippen LogP contribution in [0.25, 0.3) is 0 Å². The Bertz CT molecular complexity index is 789. The van der Waals surface area contributed by atoms with Crippen LogP contribution in [0.5, 0.6) is 0 Å². The summed E-state index contributed by atoms with van der Waals surface area (Å²) in [5.41, 5.74) is 1.79. The summed E-state index contributed by atoms with van der Waals surface area (Å²) in [5, 5.41) is 3.24. The summed E-state index contributed by atoms with van der Waals surface area (Å²) in [7, 11) is 0. The lowest BCUT2D eigenvalue weighted by Crippen LogP contribution is -2.38. The quantitative estimate of drug-likeness (QED) is 0.865. The smallest absolute Gasteiger partial charge is 0.246 e. The number of piperidine rings is 1. The molecule has 2 aromatic rings. The van der Waals surface area contributed by atoms with Crippen LogP contribution in [-0.2, 0) is 4.79 Å². The van der Waals surface area contributed by atoms with Gasteiger partial charge in [0.25, 0.3) is 0 Å². The molecule has 2 aromatic heterocycles. The minimum absolute atomic E-state index is 0.0352. The highest BCUT2D eigenvalue weighted by molar-refractivity contribution is 5.87. The van der Waals surface area contributed by atoms with Crippen LogP contribution in [0.3, 0.4) is 0 Å². The Morgan fingerprint density at radius 2 is 2.08 bits per heavy atom. The zero-order chi connectivity index (χ0) is 17.8. The zero-order valence-corrected chi connectivity index (χ0v) is 14.7. The van der Waals surface area contributed by atoms with Crippen molar-refractivity contribution in [3.05, 3.63) is 54.1 Å². The number of aryl methyl sites for hydroxylation is 2.